The molecule has 5 nitrogen and oxygen atoms in total. The molecule has 2 aromatic rings. The number of halogens is 1. The summed E-state index contributed by atoms with van der Waals surface area (Å²) in [5, 5.41) is 11.9. The zero-order chi connectivity index (χ0) is 14.7. The summed E-state index contributed by atoms with van der Waals surface area (Å²) in [5.74, 6) is -0.579. The number of carbonyl (C=O) groups is 1. The van der Waals surface area contributed by atoms with Crippen molar-refractivity contribution in [1.29, 1.82) is 5.26 Å². The van der Waals surface area contributed by atoms with Crippen LogP contribution in [-0.4, -0.2) is 5.91 Å². The first-order valence-corrected chi connectivity index (χ1v) is 6.47. The lowest BCUT2D eigenvalue weighted by Crippen LogP contribution is -2.14. The predicted molar refractivity (Wildman–Crippen MR) is 81.5 cm³/mol. The molecule has 6 heteroatoms. The van der Waals surface area contributed by atoms with Crippen LogP contribution in [0.4, 0.5) is 17.1 Å². The van der Waals surface area contributed by atoms with E-state index in [1.807, 2.05) is 0 Å². The van der Waals surface area contributed by atoms with E-state index in [2.05, 4.69) is 27.3 Å². The number of carbonyl (C=O) groups excluding carboxylic acids is 1. The van der Waals surface area contributed by atoms with Crippen LogP contribution in [0.2, 0.25) is 0 Å². The molecule has 0 heterocycles. The molecular weight excluding hydrogens is 320 g/mol. The maximum absolute atomic E-state index is 11.2. The number of nitrogens with two attached hydrogens (primary N) is 2. The van der Waals surface area contributed by atoms with Gasteiger partial charge >= 0.3 is 0 Å². The maximum Gasteiger partial charge on any atom is 0.250 e. The number of hydrogen-bond acceptors (Lipinski definition) is 4. The molecule has 0 aromatic heterocycles. The minimum Gasteiger partial charge on any atom is -0.396 e. The molecule has 0 aliphatic rings. The monoisotopic (exact) mass is 330 g/mol. The van der Waals surface area contributed by atoms with Gasteiger partial charge in [-0.25, -0.2) is 0 Å². The predicted octanol–water partition coefficient (Wildman–Crippen LogP) is 2.75. The van der Waals surface area contributed by atoms with Gasteiger partial charge < -0.3 is 16.8 Å². The molecule has 0 saturated heterocycles. The second-order valence-electron chi connectivity index (χ2n) is 4.06. The van der Waals surface area contributed by atoms with Gasteiger partial charge in [0.05, 0.1) is 34.3 Å². The number of anilines is 3. The van der Waals surface area contributed by atoms with Crippen LogP contribution in [0.5, 0.6) is 0 Å². The molecule has 2 aromatic carbocycles. The molecular formula is C14H11BrN4O. The van der Waals surface area contributed by atoms with Crippen molar-refractivity contribution in [2.45, 2.75) is 0 Å². The van der Waals surface area contributed by atoms with Gasteiger partial charge in [-0.2, -0.15) is 5.26 Å². The van der Waals surface area contributed by atoms with Crippen LogP contribution >= 0.6 is 15.9 Å². The van der Waals surface area contributed by atoms with Crippen LogP contribution in [-0.2, 0) is 0 Å². The Morgan fingerprint density at radius 1 is 1.25 bits per heavy atom. The fraction of sp³-hybridized carbons (Fsp3) is 0. The normalized spacial score (nSPS) is 9.80. The van der Waals surface area contributed by atoms with Crippen molar-refractivity contribution in [2.75, 3.05) is 11.1 Å². The van der Waals surface area contributed by atoms with Gasteiger partial charge in [-0.3, -0.25) is 4.79 Å². The van der Waals surface area contributed by atoms with Crippen LogP contribution in [0.15, 0.2) is 40.9 Å². The van der Waals surface area contributed by atoms with Crippen LogP contribution in [0.25, 0.3) is 0 Å². The Morgan fingerprint density at radius 3 is 2.60 bits per heavy atom. The van der Waals surface area contributed by atoms with Gasteiger partial charge in [0.2, 0.25) is 0 Å². The van der Waals surface area contributed by atoms with Gasteiger partial charge in [0.15, 0.2) is 0 Å². The topological polar surface area (TPSA) is 105 Å². The number of benzene rings is 2. The minimum atomic E-state index is -0.579. The molecule has 100 valence electrons. The molecule has 0 spiro atoms. The third-order valence-electron chi connectivity index (χ3n) is 2.74. The summed E-state index contributed by atoms with van der Waals surface area (Å²) in [6.45, 7) is 0. The fourth-order valence-corrected chi connectivity index (χ4v) is 2.20. The summed E-state index contributed by atoms with van der Waals surface area (Å²) in [5.41, 5.74) is 13.6. The summed E-state index contributed by atoms with van der Waals surface area (Å²) >= 11 is 3.37. The molecule has 20 heavy (non-hydrogen) atoms. The largest absolute Gasteiger partial charge is 0.396 e. The minimum absolute atomic E-state index is 0.264. The lowest BCUT2D eigenvalue weighted by molar-refractivity contribution is 0.100. The number of nitrogen functional groups attached to an aromatic ring is 1. The van der Waals surface area contributed by atoms with Gasteiger partial charge in [0.25, 0.3) is 5.91 Å². The standard InChI is InChI=1S/C14H11BrN4O/c15-10-6-8(7-16)4-5-11(10)19-12-3-1-2-9(13(12)17)14(18)20/h1-6,19H,17H2,(H2,18,20). The van der Waals surface area contributed by atoms with Crippen molar-refractivity contribution < 1.29 is 4.79 Å². The van der Waals surface area contributed by atoms with E-state index in [-0.39, 0.29) is 11.3 Å². The summed E-state index contributed by atoms with van der Waals surface area (Å²) in [7, 11) is 0. The molecule has 0 saturated carbocycles. The number of nitrogens with zero attached hydrogens (tertiary/aromatic N) is 1. The van der Waals surface area contributed by atoms with E-state index in [1.54, 1.807) is 36.4 Å². The quantitative estimate of drug-likeness (QED) is 0.752. The summed E-state index contributed by atoms with van der Waals surface area (Å²) in [4.78, 5) is 11.2. The van der Waals surface area contributed by atoms with Gasteiger partial charge in [-0.1, -0.05) is 6.07 Å². The Hall–Kier alpha value is -2.52. The van der Waals surface area contributed by atoms with Crippen LogP contribution < -0.4 is 16.8 Å². The highest BCUT2D eigenvalue weighted by Crippen LogP contribution is 2.30. The van der Waals surface area contributed by atoms with Crippen molar-refractivity contribution in [2.24, 2.45) is 5.73 Å². The van der Waals surface area contributed by atoms with Crippen molar-refractivity contribution in [3.8, 4) is 6.07 Å². The lowest BCUT2D eigenvalue weighted by Gasteiger charge is -2.13. The molecule has 0 aliphatic heterocycles. The molecule has 5 N–H and O–H groups in total. The molecule has 0 fully saturated rings. The van der Waals surface area contributed by atoms with E-state index in [1.165, 1.54) is 0 Å². The Bertz CT molecular complexity index is 722. The number of nitrogens with one attached hydrogen (secondary N) is 1. The fourth-order valence-electron chi connectivity index (χ4n) is 1.72. The third kappa shape index (κ3) is 2.73. The molecule has 0 bridgehead atoms. The van der Waals surface area contributed by atoms with E-state index in [4.69, 9.17) is 16.7 Å². The number of amides is 1. The van der Waals surface area contributed by atoms with Crippen molar-refractivity contribution >= 4 is 38.9 Å². The van der Waals surface area contributed by atoms with Crippen LogP contribution in [0.3, 0.4) is 0 Å². The Balaban J connectivity index is 2.38. The second kappa shape index (κ2) is 5.63. The summed E-state index contributed by atoms with van der Waals surface area (Å²) in [6.07, 6.45) is 0. The van der Waals surface area contributed by atoms with E-state index in [9.17, 15) is 4.79 Å². The average Bonchev–Trinajstić information content (AvgIpc) is 2.42. The van der Waals surface area contributed by atoms with Gasteiger partial charge in [0, 0.05) is 4.47 Å². The first-order chi connectivity index (χ1) is 9.52. The van der Waals surface area contributed by atoms with E-state index < -0.39 is 5.91 Å². The molecule has 0 unspecified atom stereocenters. The smallest absolute Gasteiger partial charge is 0.250 e. The number of para-hydroxylation sites is 1. The summed E-state index contributed by atoms with van der Waals surface area (Å²) in [6, 6.07) is 12.2. The Kier molecular flexibility index (Phi) is 3.91. The molecule has 0 aliphatic carbocycles. The number of rotatable bonds is 3. The SMILES string of the molecule is N#Cc1ccc(Nc2cccc(C(N)=O)c2N)c(Br)c1. The third-order valence-corrected chi connectivity index (χ3v) is 3.40. The Morgan fingerprint density at radius 2 is 2.00 bits per heavy atom. The first-order valence-electron chi connectivity index (χ1n) is 5.68. The Labute approximate surface area is 124 Å². The highest BCUT2D eigenvalue weighted by molar-refractivity contribution is 9.10. The van der Waals surface area contributed by atoms with Crippen LogP contribution in [0.1, 0.15) is 15.9 Å². The highest BCUT2D eigenvalue weighted by Gasteiger charge is 2.10. The van der Waals surface area contributed by atoms with Crippen molar-refractivity contribution in [3.63, 3.8) is 0 Å². The van der Waals surface area contributed by atoms with Gasteiger partial charge in [-0.15, -0.1) is 0 Å². The van der Waals surface area contributed by atoms with E-state index in [0.29, 0.717) is 11.3 Å². The van der Waals surface area contributed by atoms with Gasteiger partial charge in [-0.05, 0) is 46.3 Å². The first kappa shape index (κ1) is 13.9. The van der Waals surface area contributed by atoms with Crippen molar-refractivity contribution in [1.82, 2.24) is 0 Å². The number of nitriles is 1. The van der Waals surface area contributed by atoms with E-state index >= 15 is 0 Å². The average molecular weight is 331 g/mol. The maximum atomic E-state index is 11.2. The zero-order valence-electron chi connectivity index (χ0n) is 10.4. The zero-order valence-corrected chi connectivity index (χ0v) is 11.9. The van der Waals surface area contributed by atoms with Crippen LogP contribution in [0, 0.1) is 11.3 Å². The second-order valence-corrected chi connectivity index (χ2v) is 4.92. The van der Waals surface area contributed by atoms with Crippen molar-refractivity contribution in [3.05, 3.63) is 52.0 Å². The highest BCUT2D eigenvalue weighted by atomic mass is 79.9. The van der Waals surface area contributed by atoms with Gasteiger partial charge in [0.1, 0.15) is 0 Å². The molecule has 1 amide bonds. The van der Waals surface area contributed by atoms with E-state index in [0.717, 1.165) is 10.2 Å². The molecule has 0 atom stereocenters. The molecule has 0 radical (unpaired) electrons. The summed E-state index contributed by atoms with van der Waals surface area (Å²) < 4.78 is 0.723. The number of hydrogen-bond donors (Lipinski definition) is 3. The number of primary amides is 1. The molecule has 2 rings (SSSR count). The lowest BCUT2D eigenvalue weighted by atomic mass is 10.1.